The second-order valence-electron chi connectivity index (χ2n) is 7.43. The monoisotopic (exact) mass is 366 g/mol. The van der Waals surface area contributed by atoms with Crippen molar-refractivity contribution in [1.82, 2.24) is 0 Å². The van der Waals surface area contributed by atoms with Crippen LogP contribution in [0, 0.1) is 16.7 Å². The van der Waals surface area contributed by atoms with Gasteiger partial charge in [-0.2, -0.15) is 0 Å². The fourth-order valence-electron chi connectivity index (χ4n) is 4.58. The van der Waals surface area contributed by atoms with E-state index in [4.69, 9.17) is 0 Å². The summed E-state index contributed by atoms with van der Waals surface area (Å²) in [6.45, 7) is 4.55. The van der Waals surface area contributed by atoms with Crippen LogP contribution < -0.4 is 0 Å². The van der Waals surface area contributed by atoms with E-state index in [1.807, 2.05) is 24.3 Å². The Balaban J connectivity index is 1.63. The van der Waals surface area contributed by atoms with Gasteiger partial charge in [-0.1, -0.05) is 0 Å². The molecule has 1 aromatic rings. The van der Waals surface area contributed by atoms with E-state index in [9.17, 15) is 8.94 Å². The third-order valence-corrected chi connectivity index (χ3v) is 9.14. The number of hydrogen-bond acceptors (Lipinski definition) is 2. The van der Waals surface area contributed by atoms with Crippen LogP contribution in [0.1, 0.15) is 38.7 Å². The summed E-state index contributed by atoms with van der Waals surface area (Å²) in [5, 5.41) is 11.9. The molecular formula is C19H26O2Se. The predicted octanol–water partition coefficient (Wildman–Crippen LogP) is 4.31. The fourth-order valence-corrected chi connectivity index (χ4v) is 8.17. The molecule has 0 amide bonds. The van der Waals surface area contributed by atoms with Crippen molar-refractivity contribution in [2.24, 2.45) is 16.7 Å². The minimum atomic E-state index is -1.93. The number of fused-ring (bicyclic) bond motifs is 2. The van der Waals surface area contributed by atoms with Gasteiger partial charge in [0.2, 0.25) is 0 Å². The maximum atomic E-state index is 12.7. The molecule has 22 heavy (non-hydrogen) atoms. The number of hydrogen-bond donors (Lipinski definition) is 1. The zero-order valence-corrected chi connectivity index (χ0v) is 15.2. The molecule has 0 aliphatic heterocycles. The molecule has 1 N–H and O–H groups in total. The van der Waals surface area contributed by atoms with Crippen molar-refractivity contribution in [2.75, 3.05) is 0 Å². The predicted molar refractivity (Wildman–Crippen MR) is 91.1 cm³/mol. The van der Waals surface area contributed by atoms with Crippen molar-refractivity contribution < 1.29 is 8.94 Å². The fraction of sp³-hybridized carbons (Fsp3) is 0.579. The molecule has 2 nitrogen and oxygen atoms in total. The topological polar surface area (TPSA) is 37.3 Å². The second kappa shape index (κ2) is 6.03. The Bertz CT molecular complexity index is 578. The minimum absolute atomic E-state index is 0.0926. The molecule has 2 bridgehead atoms. The summed E-state index contributed by atoms with van der Waals surface area (Å²) in [5.74, 6) is 0.612. The molecule has 2 aliphatic carbocycles. The molecule has 1 aromatic carbocycles. The van der Waals surface area contributed by atoms with E-state index < -0.39 is 13.8 Å². The normalized spacial score (nSPS) is 34.3. The average Bonchev–Trinajstić information content (AvgIpc) is 2.82. The van der Waals surface area contributed by atoms with Crippen LogP contribution in [-0.2, 0) is 3.83 Å². The number of allylic oxidation sites excluding steroid dienone is 1. The Morgan fingerprint density at radius 1 is 1.32 bits per heavy atom. The Labute approximate surface area is 137 Å². The molecule has 120 valence electrons. The zero-order chi connectivity index (χ0) is 15.8. The number of rotatable bonds is 5. The SMILES string of the molecule is CC1(C)[C@@H]2CC[C@@]1(C[Se](=O)C/C=C/c1ccccc1)[C@H](O)C2. The van der Waals surface area contributed by atoms with Gasteiger partial charge in [-0.15, -0.1) is 0 Å². The van der Waals surface area contributed by atoms with Crippen LogP contribution in [0.15, 0.2) is 36.4 Å². The molecule has 4 atom stereocenters. The summed E-state index contributed by atoms with van der Waals surface area (Å²) >= 11 is -1.93. The van der Waals surface area contributed by atoms with Crippen molar-refractivity contribution in [3.05, 3.63) is 42.0 Å². The molecule has 2 aliphatic rings. The van der Waals surface area contributed by atoms with Gasteiger partial charge >= 0.3 is 137 Å². The van der Waals surface area contributed by atoms with Crippen LogP contribution in [0.25, 0.3) is 6.08 Å². The Morgan fingerprint density at radius 2 is 2.05 bits per heavy atom. The number of aliphatic hydroxyl groups excluding tert-OH is 1. The molecule has 2 saturated carbocycles. The van der Waals surface area contributed by atoms with Gasteiger partial charge in [0.25, 0.3) is 0 Å². The summed E-state index contributed by atoms with van der Waals surface area (Å²) in [5.41, 5.74) is 1.20. The van der Waals surface area contributed by atoms with Crippen molar-refractivity contribution >= 4 is 19.9 Å². The van der Waals surface area contributed by atoms with Crippen LogP contribution >= 0.6 is 0 Å². The van der Waals surface area contributed by atoms with E-state index in [0.717, 1.165) is 23.7 Å². The molecule has 3 heteroatoms. The standard InChI is InChI=1S/C19H26O2Se/c1-18(2)16-10-11-19(18,17(20)13-16)14-22(21)12-6-9-15-7-4-3-5-8-15/h3-9,16-17,20H,10-14H2,1-2H3/b9-6+/t16-,17-,19-,22?/m1/s1. The van der Waals surface area contributed by atoms with E-state index in [2.05, 4.69) is 32.1 Å². The second-order valence-corrected chi connectivity index (χ2v) is 10.6. The average molecular weight is 365 g/mol. The van der Waals surface area contributed by atoms with Gasteiger partial charge in [0, 0.05) is 0 Å². The molecule has 0 saturated heterocycles. The van der Waals surface area contributed by atoms with Crippen LogP contribution in [0.4, 0.5) is 0 Å². The van der Waals surface area contributed by atoms with Gasteiger partial charge in [-0.25, -0.2) is 0 Å². The van der Waals surface area contributed by atoms with Gasteiger partial charge in [0.05, 0.1) is 0 Å². The Morgan fingerprint density at radius 3 is 2.64 bits per heavy atom. The third-order valence-electron chi connectivity index (χ3n) is 6.20. The summed E-state index contributed by atoms with van der Waals surface area (Å²) in [4.78, 5) is 0. The van der Waals surface area contributed by atoms with Gasteiger partial charge in [0.1, 0.15) is 0 Å². The Hall–Kier alpha value is -0.761. The molecule has 0 aromatic heterocycles. The van der Waals surface area contributed by atoms with E-state index in [-0.39, 0.29) is 16.9 Å². The van der Waals surface area contributed by atoms with Crippen LogP contribution in [0.2, 0.25) is 10.6 Å². The first-order valence-corrected chi connectivity index (χ1v) is 11.3. The molecule has 2 fully saturated rings. The zero-order valence-electron chi connectivity index (χ0n) is 13.5. The van der Waals surface area contributed by atoms with Gasteiger partial charge < -0.3 is 0 Å². The first-order chi connectivity index (χ1) is 10.5. The Kier molecular flexibility index (Phi) is 4.42. The van der Waals surface area contributed by atoms with Crippen molar-refractivity contribution in [3.63, 3.8) is 0 Å². The van der Waals surface area contributed by atoms with Crippen LogP contribution in [0.3, 0.4) is 0 Å². The van der Waals surface area contributed by atoms with Crippen LogP contribution in [0.5, 0.6) is 0 Å². The molecule has 0 radical (unpaired) electrons. The van der Waals surface area contributed by atoms with E-state index in [0.29, 0.717) is 11.2 Å². The summed E-state index contributed by atoms with van der Waals surface area (Å²) in [7, 11) is 0. The molecule has 1 unspecified atom stereocenters. The third kappa shape index (κ3) is 2.64. The van der Waals surface area contributed by atoms with E-state index in [1.54, 1.807) is 0 Å². The van der Waals surface area contributed by atoms with Crippen molar-refractivity contribution in [2.45, 2.75) is 49.9 Å². The molecule has 3 rings (SSSR count). The summed E-state index contributed by atoms with van der Waals surface area (Å²) in [6.07, 6.45) is 7.01. The first kappa shape index (κ1) is 16.1. The summed E-state index contributed by atoms with van der Waals surface area (Å²) < 4.78 is 12.7. The molecule has 0 heterocycles. The van der Waals surface area contributed by atoms with E-state index in [1.165, 1.54) is 6.42 Å². The number of aliphatic hydroxyl groups is 1. The van der Waals surface area contributed by atoms with Crippen LogP contribution in [-0.4, -0.2) is 25.0 Å². The molecule has 0 spiro atoms. The van der Waals surface area contributed by atoms with Crippen molar-refractivity contribution in [3.8, 4) is 0 Å². The van der Waals surface area contributed by atoms with E-state index >= 15 is 0 Å². The maximum absolute atomic E-state index is 12.7. The van der Waals surface area contributed by atoms with Gasteiger partial charge in [0.15, 0.2) is 0 Å². The quantitative estimate of drug-likeness (QED) is 0.790. The van der Waals surface area contributed by atoms with Gasteiger partial charge in [-0.05, 0) is 0 Å². The first-order valence-electron chi connectivity index (χ1n) is 8.20. The van der Waals surface area contributed by atoms with Crippen molar-refractivity contribution in [1.29, 1.82) is 0 Å². The number of benzene rings is 1. The summed E-state index contributed by atoms with van der Waals surface area (Å²) in [6, 6.07) is 10.1. The van der Waals surface area contributed by atoms with Gasteiger partial charge in [-0.3, -0.25) is 0 Å². The molecular weight excluding hydrogens is 339 g/mol.